The number of thiophene rings is 1. The van der Waals surface area contributed by atoms with Gasteiger partial charge in [-0.25, -0.2) is 4.98 Å². The van der Waals surface area contributed by atoms with Gasteiger partial charge in [0.15, 0.2) is 11.5 Å². The van der Waals surface area contributed by atoms with Gasteiger partial charge in [-0.3, -0.25) is 4.79 Å². The third kappa shape index (κ3) is 2.94. The molecule has 2 aromatic heterocycles. The van der Waals surface area contributed by atoms with Crippen molar-refractivity contribution in [3.05, 3.63) is 23.1 Å². The van der Waals surface area contributed by atoms with Crippen molar-refractivity contribution in [1.82, 2.24) is 10.3 Å². The number of nitrogens with zero attached hydrogens (tertiary/aromatic N) is 1. The number of rotatable bonds is 3. The molecule has 4 heterocycles. The molecule has 0 spiro atoms. The number of anilines is 1. The molecule has 0 aliphatic carbocycles. The number of nitrogens with two attached hydrogens (primary N) is 1. The van der Waals surface area contributed by atoms with E-state index in [1.165, 1.54) is 11.3 Å². The molecule has 3 aromatic rings. The van der Waals surface area contributed by atoms with E-state index >= 15 is 0 Å². The van der Waals surface area contributed by atoms with Gasteiger partial charge < -0.3 is 25.3 Å². The first kappa shape index (κ1) is 16.6. The summed E-state index contributed by atoms with van der Waals surface area (Å²) in [6.07, 6.45) is 2.11. The first-order chi connectivity index (χ1) is 13.2. The highest BCUT2D eigenvalue weighted by molar-refractivity contribution is 7.21. The average molecular weight is 385 g/mol. The van der Waals surface area contributed by atoms with E-state index < -0.39 is 0 Å². The van der Waals surface area contributed by atoms with Crippen LogP contribution in [0.15, 0.2) is 18.2 Å². The molecule has 1 fully saturated rings. The standard InChI is InChI=1S/C19H19N3O4S/c20-16-12-6-10-7-14-15(26-5-4-25-14)8-13(10)22-19(12)27-17(16)18(23)21-9-11-2-1-3-24-11/h6-8,11H,1-5,9,20H2,(H,21,23)/t11-/m0/s1. The Morgan fingerprint density at radius 3 is 2.81 bits per heavy atom. The Hall–Kier alpha value is -2.58. The molecular formula is C19H19N3O4S. The molecule has 2 aliphatic rings. The number of ether oxygens (including phenoxy) is 3. The normalized spacial score (nSPS) is 18.9. The van der Waals surface area contributed by atoms with Crippen LogP contribution < -0.4 is 20.5 Å². The minimum atomic E-state index is -0.180. The molecule has 5 rings (SSSR count). The summed E-state index contributed by atoms with van der Waals surface area (Å²) < 4.78 is 16.8. The minimum absolute atomic E-state index is 0.0941. The van der Waals surface area contributed by atoms with E-state index in [2.05, 4.69) is 10.3 Å². The highest BCUT2D eigenvalue weighted by Gasteiger charge is 2.21. The molecule has 0 bridgehead atoms. The van der Waals surface area contributed by atoms with Gasteiger partial charge in [-0.1, -0.05) is 0 Å². The monoisotopic (exact) mass is 385 g/mol. The zero-order valence-electron chi connectivity index (χ0n) is 14.6. The van der Waals surface area contributed by atoms with Crippen LogP contribution in [0.4, 0.5) is 5.69 Å². The molecule has 0 unspecified atom stereocenters. The first-order valence-corrected chi connectivity index (χ1v) is 9.83. The van der Waals surface area contributed by atoms with Crippen LogP contribution in [0.1, 0.15) is 22.5 Å². The highest BCUT2D eigenvalue weighted by atomic mass is 32.1. The third-order valence-electron chi connectivity index (χ3n) is 4.90. The van der Waals surface area contributed by atoms with Crippen LogP contribution >= 0.6 is 11.3 Å². The summed E-state index contributed by atoms with van der Waals surface area (Å²) in [7, 11) is 0. The molecule has 27 heavy (non-hydrogen) atoms. The number of hydrogen-bond acceptors (Lipinski definition) is 7. The number of pyridine rings is 1. The summed E-state index contributed by atoms with van der Waals surface area (Å²) in [4.78, 5) is 18.5. The van der Waals surface area contributed by atoms with Gasteiger partial charge >= 0.3 is 0 Å². The summed E-state index contributed by atoms with van der Waals surface area (Å²) in [5.74, 6) is 1.22. The first-order valence-electron chi connectivity index (χ1n) is 9.01. The van der Waals surface area contributed by atoms with Crippen LogP contribution in [0.5, 0.6) is 11.5 Å². The molecule has 3 N–H and O–H groups in total. The number of hydrogen-bond donors (Lipinski definition) is 2. The number of nitrogen functional groups attached to an aromatic ring is 1. The maximum atomic E-state index is 12.6. The fourth-order valence-electron chi connectivity index (χ4n) is 3.50. The zero-order chi connectivity index (χ0) is 18.4. The van der Waals surface area contributed by atoms with Crippen molar-refractivity contribution in [3.8, 4) is 11.5 Å². The van der Waals surface area contributed by atoms with E-state index in [4.69, 9.17) is 19.9 Å². The number of fused-ring (bicyclic) bond motifs is 3. The minimum Gasteiger partial charge on any atom is -0.486 e. The van der Waals surface area contributed by atoms with Gasteiger partial charge in [-0.15, -0.1) is 11.3 Å². The molecule has 2 aliphatic heterocycles. The number of nitrogens with one attached hydrogen (secondary N) is 1. The highest BCUT2D eigenvalue weighted by Crippen LogP contribution is 2.38. The van der Waals surface area contributed by atoms with Crippen LogP contribution in [0.25, 0.3) is 21.1 Å². The molecule has 1 aromatic carbocycles. The molecule has 8 heteroatoms. The predicted molar refractivity (Wildman–Crippen MR) is 104 cm³/mol. The lowest BCUT2D eigenvalue weighted by molar-refractivity contribution is 0.0862. The Morgan fingerprint density at radius 2 is 2.04 bits per heavy atom. The van der Waals surface area contributed by atoms with E-state index in [1.807, 2.05) is 18.2 Å². The summed E-state index contributed by atoms with van der Waals surface area (Å²) >= 11 is 1.31. The number of carbonyl (C=O) groups is 1. The molecule has 7 nitrogen and oxygen atoms in total. The van der Waals surface area contributed by atoms with Gasteiger partial charge in [-0.2, -0.15) is 0 Å². The fourth-order valence-corrected chi connectivity index (χ4v) is 4.50. The zero-order valence-corrected chi connectivity index (χ0v) is 15.4. The second-order valence-corrected chi connectivity index (χ2v) is 7.72. The lowest BCUT2D eigenvalue weighted by Crippen LogP contribution is -2.31. The van der Waals surface area contributed by atoms with Gasteiger partial charge in [0.1, 0.15) is 22.9 Å². The second-order valence-electron chi connectivity index (χ2n) is 6.72. The lowest BCUT2D eigenvalue weighted by atomic mass is 10.1. The van der Waals surface area contributed by atoms with Gasteiger partial charge in [0, 0.05) is 30.0 Å². The van der Waals surface area contributed by atoms with E-state index in [0.717, 1.165) is 40.6 Å². The van der Waals surface area contributed by atoms with Gasteiger partial charge in [0.25, 0.3) is 5.91 Å². The van der Waals surface area contributed by atoms with Crippen molar-refractivity contribution < 1.29 is 19.0 Å². The van der Waals surface area contributed by atoms with Gasteiger partial charge in [-0.05, 0) is 25.0 Å². The van der Waals surface area contributed by atoms with Crippen LogP contribution in [0.3, 0.4) is 0 Å². The van der Waals surface area contributed by atoms with E-state index in [1.54, 1.807) is 0 Å². The molecule has 1 saturated heterocycles. The number of carbonyl (C=O) groups excluding carboxylic acids is 1. The molecule has 0 radical (unpaired) electrons. The number of amides is 1. The summed E-state index contributed by atoms with van der Waals surface area (Å²) in [5.41, 5.74) is 7.53. The topological polar surface area (TPSA) is 95.7 Å². The maximum Gasteiger partial charge on any atom is 0.263 e. The van der Waals surface area contributed by atoms with Crippen molar-refractivity contribution in [2.24, 2.45) is 0 Å². The van der Waals surface area contributed by atoms with Crippen LogP contribution in [0, 0.1) is 0 Å². The number of benzene rings is 1. The Bertz CT molecular complexity index is 1040. The lowest BCUT2D eigenvalue weighted by Gasteiger charge is -2.18. The van der Waals surface area contributed by atoms with Crippen molar-refractivity contribution in [2.75, 3.05) is 32.1 Å². The summed E-state index contributed by atoms with van der Waals surface area (Å²) in [6, 6.07) is 5.74. The van der Waals surface area contributed by atoms with E-state index in [9.17, 15) is 4.79 Å². The summed E-state index contributed by atoms with van der Waals surface area (Å²) in [6.45, 7) is 2.33. The Kier molecular flexibility index (Phi) is 4.02. The predicted octanol–water partition coefficient (Wildman–Crippen LogP) is 2.71. The van der Waals surface area contributed by atoms with Gasteiger partial charge in [0.05, 0.1) is 17.3 Å². The molecule has 1 atom stereocenters. The third-order valence-corrected chi connectivity index (χ3v) is 6.01. The van der Waals surface area contributed by atoms with Crippen LogP contribution in [-0.4, -0.2) is 43.4 Å². The molecule has 0 saturated carbocycles. The fraction of sp³-hybridized carbons (Fsp3) is 0.368. The smallest absolute Gasteiger partial charge is 0.263 e. The van der Waals surface area contributed by atoms with Crippen molar-refractivity contribution in [1.29, 1.82) is 0 Å². The quantitative estimate of drug-likeness (QED) is 0.720. The molecule has 140 valence electrons. The SMILES string of the molecule is Nc1c(C(=O)NC[C@@H]2CCCO2)sc2nc3cc4c(cc3cc12)OCCO4. The number of aromatic nitrogens is 1. The largest absolute Gasteiger partial charge is 0.486 e. The van der Waals surface area contributed by atoms with Gasteiger partial charge in [0.2, 0.25) is 0 Å². The molecule has 1 amide bonds. The molecular weight excluding hydrogens is 366 g/mol. The average Bonchev–Trinajstić information content (AvgIpc) is 3.31. The Balaban J connectivity index is 1.49. The Morgan fingerprint density at radius 1 is 1.22 bits per heavy atom. The maximum absolute atomic E-state index is 12.6. The van der Waals surface area contributed by atoms with Crippen molar-refractivity contribution in [2.45, 2.75) is 18.9 Å². The second kappa shape index (κ2) is 6.54. The summed E-state index contributed by atoms with van der Waals surface area (Å²) in [5, 5.41) is 4.62. The van der Waals surface area contributed by atoms with Crippen molar-refractivity contribution in [3.63, 3.8) is 0 Å². The van der Waals surface area contributed by atoms with Crippen molar-refractivity contribution >= 4 is 44.1 Å². The van der Waals surface area contributed by atoms with Crippen LogP contribution in [-0.2, 0) is 4.74 Å². The van der Waals surface area contributed by atoms with E-state index in [-0.39, 0.29) is 12.0 Å². The van der Waals surface area contributed by atoms with E-state index in [0.29, 0.717) is 41.8 Å². The Labute approximate surface area is 159 Å². The van der Waals surface area contributed by atoms with Crippen LogP contribution in [0.2, 0.25) is 0 Å².